The lowest BCUT2D eigenvalue weighted by atomic mass is 9.76. The van der Waals surface area contributed by atoms with E-state index < -0.39 is 0 Å². The van der Waals surface area contributed by atoms with Crippen molar-refractivity contribution in [2.75, 3.05) is 19.8 Å². The largest absolute Gasteiger partial charge is 0.469 e. The van der Waals surface area contributed by atoms with Gasteiger partial charge in [0.25, 0.3) is 0 Å². The van der Waals surface area contributed by atoms with Crippen LogP contribution in [0.1, 0.15) is 135 Å². The number of benzene rings is 1. The Balaban J connectivity index is 1.22. The maximum atomic E-state index is 6.97. The summed E-state index contributed by atoms with van der Waals surface area (Å²) < 4.78 is 31.8. The Hall–Kier alpha value is -1.92. The summed E-state index contributed by atoms with van der Waals surface area (Å²) in [5, 5.41) is 0. The van der Waals surface area contributed by atoms with E-state index in [4.69, 9.17) is 23.7 Å². The molecule has 5 heteroatoms. The maximum absolute atomic E-state index is 6.97. The Bertz CT molecular complexity index is 1120. The first kappa shape index (κ1) is 36.4. The van der Waals surface area contributed by atoms with Gasteiger partial charge in [0, 0.05) is 25.0 Å². The smallest absolute Gasteiger partial charge is 0.199 e. The van der Waals surface area contributed by atoms with Crippen LogP contribution >= 0.6 is 0 Å². The molecule has 3 unspecified atom stereocenters. The molecule has 3 fully saturated rings. The second-order valence-electron chi connectivity index (χ2n) is 15.1. The summed E-state index contributed by atoms with van der Waals surface area (Å²) in [4.78, 5) is 0. The van der Waals surface area contributed by atoms with Gasteiger partial charge in [-0.1, -0.05) is 73.4 Å². The zero-order chi connectivity index (χ0) is 32.7. The average Bonchev–Trinajstić information content (AvgIpc) is 3.60. The van der Waals surface area contributed by atoms with E-state index in [1.807, 2.05) is 0 Å². The first-order chi connectivity index (χ1) is 23.0. The molecule has 0 spiro atoms. The lowest BCUT2D eigenvalue weighted by Gasteiger charge is -2.36. The zero-order valence-electron chi connectivity index (χ0n) is 29.9. The van der Waals surface area contributed by atoms with Crippen molar-refractivity contribution >= 4 is 0 Å². The lowest BCUT2D eigenvalue weighted by molar-refractivity contribution is -0.189. The van der Waals surface area contributed by atoms with Gasteiger partial charge in [0.15, 0.2) is 12.6 Å². The Morgan fingerprint density at radius 2 is 1.72 bits per heavy atom. The minimum absolute atomic E-state index is 0.0317. The number of ether oxygens (including phenoxy) is 5. The minimum Gasteiger partial charge on any atom is -0.469 e. The van der Waals surface area contributed by atoms with Crippen LogP contribution in [0.2, 0.25) is 0 Å². The van der Waals surface area contributed by atoms with Crippen LogP contribution in [-0.2, 0) is 30.3 Å². The van der Waals surface area contributed by atoms with Gasteiger partial charge in [-0.3, -0.25) is 0 Å². The van der Waals surface area contributed by atoms with E-state index in [0.29, 0.717) is 18.4 Å². The van der Waals surface area contributed by atoms with Crippen LogP contribution < -0.4 is 0 Å². The van der Waals surface area contributed by atoms with E-state index in [9.17, 15) is 0 Å². The van der Waals surface area contributed by atoms with Gasteiger partial charge >= 0.3 is 0 Å². The van der Waals surface area contributed by atoms with E-state index in [1.165, 1.54) is 68.3 Å². The summed E-state index contributed by atoms with van der Waals surface area (Å²) in [6.45, 7) is 9.97. The third kappa shape index (κ3) is 11.6. The van der Waals surface area contributed by atoms with Crippen molar-refractivity contribution in [2.24, 2.45) is 17.3 Å². The van der Waals surface area contributed by atoms with Gasteiger partial charge in [0.2, 0.25) is 0 Å². The van der Waals surface area contributed by atoms with Crippen molar-refractivity contribution in [3.05, 3.63) is 71.0 Å². The maximum Gasteiger partial charge on any atom is 0.199 e. The second kappa shape index (κ2) is 19.3. The predicted molar refractivity (Wildman–Crippen MR) is 191 cm³/mol. The molecule has 0 radical (unpaired) electrons. The molecule has 0 N–H and O–H groups in total. The summed E-state index contributed by atoms with van der Waals surface area (Å²) in [7, 11) is 0. The summed E-state index contributed by atoms with van der Waals surface area (Å²) in [5.41, 5.74) is 4.25. The normalized spacial score (nSPS) is 28.5. The fourth-order valence-corrected chi connectivity index (χ4v) is 8.10. The molecule has 262 valence electrons. The second-order valence-corrected chi connectivity index (χ2v) is 15.1. The molecule has 1 aromatic rings. The Morgan fingerprint density at radius 1 is 0.936 bits per heavy atom. The van der Waals surface area contributed by atoms with Gasteiger partial charge in [-0.2, -0.15) is 0 Å². The Labute approximate surface area is 286 Å². The van der Waals surface area contributed by atoms with E-state index in [-0.39, 0.29) is 24.1 Å². The summed E-state index contributed by atoms with van der Waals surface area (Å²) in [5.74, 6) is 2.27. The number of hydrogen-bond donors (Lipinski definition) is 0. The number of allylic oxidation sites excluding steroid dienone is 6. The van der Waals surface area contributed by atoms with E-state index in [2.05, 4.69) is 69.3 Å². The Kier molecular flexibility index (Phi) is 14.9. The fraction of sp³-hybridized carbons (Fsp3) is 0.714. The highest BCUT2D eigenvalue weighted by Gasteiger charge is 2.54. The number of unbranched alkanes of at least 4 members (excludes halogenated alkanes) is 3. The van der Waals surface area contributed by atoms with E-state index in [0.717, 1.165) is 77.6 Å². The van der Waals surface area contributed by atoms with Crippen LogP contribution in [0.4, 0.5) is 0 Å². The van der Waals surface area contributed by atoms with Crippen molar-refractivity contribution in [3.63, 3.8) is 0 Å². The van der Waals surface area contributed by atoms with Crippen LogP contribution in [0.15, 0.2) is 65.5 Å². The molecule has 0 amide bonds. The minimum atomic E-state index is -0.125. The van der Waals surface area contributed by atoms with Gasteiger partial charge in [0.05, 0.1) is 19.3 Å². The Morgan fingerprint density at radius 3 is 2.47 bits per heavy atom. The summed E-state index contributed by atoms with van der Waals surface area (Å²) in [6.07, 6.45) is 26.8. The third-order valence-corrected chi connectivity index (χ3v) is 10.7. The van der Waals surface area contributed by atoms with Crippen LogP contribution in [0.5, 0.6) is 0 Å². The van der Waals surface area contributed by atoms with Gasteiger partial charge in [-0.15, -0.1) is 0 Å². The van der Waals surface area contributed by atoms with Crippen LogP contribution in [-0.4, -0.2) is 38.5 Å². The number of rotatable bonds is 19. The molecule has 5 rings (SSSR count). The molecule has 2 aliphatic carbocycles. The first-order valence-corrected chi connectivity index (χ1v) is 19.2. The lowest BCUT2D eigenvalue weighted by Crippen LogP contribution is -2.32. The molecular weight excluding hydrogens is 584 g/mol. The molecule has 2 heterocycles. The van der Waals surface area contributed by atoms with Crippen molar-refractivity contribution < 1.29 is 23.7 Å². The topological polar surface area (TPSA) is 46.2 Å². The summed E-state index contributed by atoms with van der Waals surface area (Å²) in [6, 6.07) is 10.5. The molecule has 6 atom stereocenters. The zero-order valence-corrected chi connectivity index (χ0v) is 29.9. The monoisotopic (exact) mass is 648 g/mol. The molecule has 5 nitrogen and oxygen atoms in total. The molecule has 4 aliphatic rings. The quantitative estimate of drug-likeness (QED) is 0.0848. The number of fused-ring (bicyclic) bond motifs is 1. The number of hydrogen-bond acceptors (Lipinski definition) is 5. The van der Waals surface area contributed by atoms with Crippen LogP contribution in [0, 0.1) is 17.3 Å². The van der Waals surface area contributed by atoms with Crippen LogP contribution in [0.3, 0.4) is 0 Å². The van der Waals surface area contributed by atoms with Crippen molar-refractivity contribution in [2.45, 2.75) is 155 Å². The summed E-state index contributed by atoms with van der Waals surface area (Å²) >= 11 is 0. The molecule has 0 bridgehead atoms. The first-order valence-electron chi connectivity index (χ1n) is 19.2. The third-order valence-electron chi connectivity index (χ3n) is 10.7. The molecule has 0 aromatic heterocycles. The highest BCUT2D eigenvalue weighted by Crippen LogP contribution is 2.59. The van der Waals surface area contributed by atoms with Crippen molar-refractivity contribution in [1.82, 2.24) is 0 Å². The van der Waals surface area contributed by atoms with Gasteiger partial charge in [-0.05, 0) is 127 Å². The van der Waals surface area contributed by atoms with Crippen LogP contribution in [0.25, 0.3) is 0 Å². The standard InChI is InChI=1S/C42H64O5/c1-33(2)16-9-10-17-34(3)23-24-39(47-41-22-12-15-27-45-41)42-30-36(20-8-5-13-25-43-32-35-18-6-4-7-19-35)28-37(42)29-38(31-42)46-40-21-11-14-26-44-40/h4,6-7,16,18-19,24,28,34,37-38,40-41H,5,8-15,17,20-23,25-27,29-32H2,1-3H3/t34?,37-,38+,40?,41?,42-/m0/s1. The highest BCUT2D eigenvalue weighted by molar-refractivity contribution is 5.30. The van der Waals surface area contributed by atoms with E-state index in [1.54, 1.807) is 5.57 Å². The molecule has 2 aliphatic heterocycles. The van der Waals surface area contributed by atoms with E-state index >= 15 is 0 Å². The van der Waals surface area contributed by atoms with Crippen molar-refractivity contribution in [3.8, 4) is 0 Å². The SMILES string of the molecule is CC(C)=CCCCC(C)CC=C(OC1CCCCO1)[C@]12CC(CCCCCOCc3ccccc3)=C[C@H]1C[C@@H](OC1CCCCO1)C2. The molecule has 2 saturated heterocycles. The van der Waals surface area contributed by atoms with Crippen molar-refractivity contribution in [1.29, 1.82) is 0 Å². The fourth-order valence-electron chi connectivity index (χ4n) is 8.10. The molecular formula is C42H64O5. The average molecular weight is 649 g/mol. The van der Waals surface area contributed by atoms with Gasteiger partial charge < -0.3 is 23.7 Å². The molecule has 47 heavy (non-hydrogen) atoms. The highest BCUT2D eigenvalue weighted by atomic mass is 16.7. The molecule has 1 aromatic carbocycles. The van der Waals surface area contributed by atoms with Gasteiger partial charge in [0.1, 0.15) is 5.76 Å². The molecule has 1 saturated carbocycles. The van der Waals surface area contributed by atoms with Gasteiger partial charge in [-0.25, -0.2) is 0 Å². The predicted octanol–water partition coefficient (Wildman–Crippen LogP) is 11.0.